The number of methoxy groups -OCH3 is 2. The van der Waals surface area contributed by atoms with Crippen molar-refractivity contribution in [1.29, 1.82) is 0 Å². The lowest BCUT2D eigenvalue weighted by Crippen LogP contribution is -2.27. The topological polar surface area (TPSA) is 81.7 Å². The molecule has 134 valence electrons. The van der Waals surface area contributed by atoms with Gasteiger partial charge >= 0.3 is 5.97 Å². The Morgan fingerprint density at radius 2 is 1.80 bits per heavy atom. The first-order valence-electron chi connectivity index (χ1n) is 7.64. The molecule has 0 unspecified atom stereocenters. The van der Waals surface area contributed by atoms with E-state index in [4.69, 9.17) is 9.47 Å². The zero-order chi connectivity index (χ0) is 18.6. The van der Waals surface area contributed by atoms with Gasteiger partial charge in [0.1, 0.15) is 5.75 Å². The number of carbonyl (C=O) groups excluding carboxylic acids is 1. The third-order valence-electron chi connectivity index (χ3n) is 3.86. The largest absolute Gasteiger partial charge is 0.496 e. The van der Waals surface area contributed by atoms with Gasteiger partial charge in [-0.2, -0.15) is 0 Å². The Morgan fingerprint density at radius 1 is 1.12 bits per heavy atom. The Morgan fingerprint density at radius 3 is 2.44 bits per heavy atom. The van der Waals surface area contributed by atoms with Gasteiger partial charge in [-0.3, -0.25) is 0 Å². The number of rotatable bonds is 6. The average Bonchev–Trinajstić information content (AvgIpc) is 2.60. The number of hydrogen-bond acceptors (Lipinski definition) is 5. The summed E-state index contributed by atoms with van der Waals surface area (Å²) in [5.41, 5.74) is 1.58. The summed E-state index contributed by atoms with van der Waals surface area (Å²) in [6.07, 6.45) is 0. The molecule has 0 saturated heterocycles. The van der Waals surface area contributed by atoms with Crippen LogP contribution in [0.5, 0.6) is 5.75 Å². The molecule has 0 saturated carbocycles. The normalized spacial score (nSPS) is 12.5. The van der Waals surface area contributed by atoms with Gasteiger partial charge in [0.05, 0.1) is 24.7 Å². The molecule has 0 amide bonds. The molecule has 2 rings (SSSR count). The quantitative estimate of drug-likeness (QED) is 0.798. The molecule has 2 aromatic carbocycles. The van der Waals surface area contributed by atoms with Crippen LogP contribution in [-0.4, -0.2) is 28.6 Å². The standard InChI is InChI=1S/C18H21NO5S/c1-12-9-10-14(11-16(12)18(20)24-4)25(21,22)19-13(2)15-7-5-6-8-17(15)23-3/h5-11,13,19H,1-4H3/t13-/m1/s1. The number of esters is 1. The van der Waals surface area contributed by atoms with Gasteiger partial charge in [0.15, 0.2) is 0 Å². The van der Waals surface area contributed by atoms with E-state index < -0.39 is 22.0 Å². The Balaban J connectivity index is 2.34. The maximum Gasteiger partial charge on any atom is 0.338 e. The second-order valence-corrected chi connectivity index (χ2v) is 7.27. The molecule has 6 nitrogen and oxygen atoms in total. The fraction of sp³-hybridized carbons (Fsp3) is 0.278. The predicted molar refractivity (Wildman–Crippen MR) is 94.2 cm³/mol. The SMILES string of the molecule is COC(=O)c1cc(S(=O)(=O)N[C@H](C)c2ccccc2OC)ccc1C. The van der Waals surface area contributed by atoms with E-state index in [0.29, 0.717) is 16.9 Å². The van der Waals surface area contributed by atoms with Gasteiger partial charge in [0.25, 0.3) is 0 Å². The van der Waals surface area contributed by atoms with Crippen molar-refractivity contribution in [2.45, 2.75) is 24.8 Å². The Hall–Kier alpha value is -2.38. The van der Waals surface area contributed by atoms with Crippen molar-refractivity contribution < 1.29 is 22.7 Å². The van der Waals surface area contributed by atoms with E-state index in [0.717, 1.165) is 0 Å². The van der Waals surface area contributed by atoms with Gasteiger partial charge in [0.2, 0.25) is 10.0 Å². The van der Waals surface area contributed by atoms with Gasteiger partial charge < -0.3 is 9.47 Å². The predicted octanol–water partition coefficient (Wildman–Crippen LogP) is 2.83. The van der Waals surface area contributed by atoms with Crippen LogP contribution in [0, 0.1) is 6.92 Å². The number of ether oxygens (including phenoxy) is 2. The molecule has 0 aliphatic carbocycles. The lowest BCUT2D eigenvalue weighted by Gasteiger charge is -2.17. The van der Waals surface area contributed by atoms with Gasteiger partial charge in [-0.1, -0.05) is 24.3 Å². The molecule has 1 atom stereocenters. The molecule has 0 aliphatic rings. The van der Waals surface area contributed by atoms with Crippen LogP contribution in [0.1, 0.15) is 34.5 Å². The lowest BCUT2D eigenvalue weighted by molar-refractivity contribution is 0.0599. The molecule has 0 spiro atoms. The molecule has 2 aromatic rings. The van der Waals surface area contributed by atoms with Gasteiger partial charge in [-0.05, 0) is 37.6 Å². The summed E-state index contributed by atoms with van der Waals surface area (Å²) in [6, 6.07) is 11.0. The average molecular weight is 363 g/mol. The van der Waals surface area contributed by atoms with Crippen molar-refractivity contribution in [3.05, 3.63) is 59.2 Å². The highest BCUT2D eigenvalue weighted by Gasteiger charge is 2.22. The lowest BCUT2D eigenvalue weighted by atomic mass is 10.1. The first-order valence-corrected chi connectivity index (χ1v) is 9.12. The molecular weight excluding hydrogens is 342 g/mol. The third-order valence-corrected chi connectivity index (χ3v) is 5.40. The fourth-order valence-electron chi connectivity index (χ4n) is 2.49. The molecule has 1 N–H and O–H groups in total. The Labute approximate surface area is 147 Å². The molecule has 7 heteroatoms. The smallest absolute Gasteiger partial charge is 0.338 e. The molecule has 0 radical (unpaired) electrons. The Bertz CT molecular complexity index is 877. The summed E-state index contributed by atoms with van der Waals surface area (Å²) in [5.74, 6) is 0.0178. The third kappa shape index (κ3) is 4.18. The molecule has 0 aliphatic heterocycles. The summed E-state index contributed by atoms with van der Waals surface area (Å²) < 4.78 is 37.9. The van der Waals surface area contributed by atoms with E-state index in [1.807, 2.05) is 12.1 Å². The number of aryl methyl sites for hydroxylation is 1. The fourth-order valence-corrected chi connectivity index (χ4v) is 3.74. The van der Waals surface area contributed by atoms with E-state index in [-0.39, 0.29) is 10.5 Å². The van der Waals surface area contributed by atoms with Crippen molar-refractivity contribution in [2.24, 2.45) is 0 Å². The van der Waals surface area contributed by atoms with E-state index in [2.05, 4.69) is 4.72 Å². The highest BCUT2D eigenvalue weighted by molar-refractivity contribution is 7.89. The number of hydrogen-bond donors (Lipinski definition) is 1. The minimum absolute atomic E-state index is 0.000230. The van der Waals surface area contributed by atoms with Crippen LogP contribution < -0.4 is 9.46 Å². The molecule has 25 heavy (non-hydrogen) atoms. The van der Waals surface area contributed by atoms with Crippen molar-refractivity contribution in [3.8, 4) is 5.75 Å². The zero-order valence-electron chi connectivity index (χ0n) is 14.6. The van der Waals surface area contributed by atoms with E-state index >= 15 is 0 Å². The number of sulfonamides is 1. The highest BCUT2D eigenvalue weighted by atomic mass is 32.2. The van der Waals surface area contributed by atoms with Gasteiger partial charge in [0, 0.05) is 11.6 Å². The minimum Gasteiger partial charge on any atom is -0.496 e. The van der Waals surface area contributed by atoms with Crippen molar-refractivity contribution >= 4 is 16.0 Å². The summed E-state index contributed by atoms with van der Waals surface area (Å²) in [6.45, 7) is 3.44. The number of para-hydroxylation sites is 1. The minimum atomic E-state index is -3.83. The number of nitrogens with one attached hydrogen (secondary N) is 1. The second kappa shape index (κ2) is 7.67. The molecular formula is C18H21NO5S. The van der Waals surface area contributed by atoms with Crippen molar-refractivity contribution in [1.82, 2.24) is 4.72 Å². The monoisotopic (exact) mass is 363 g/mol. The maximum atomic E-state index is 12.7. The van der Waals surface area contributed by atoms with E-state index in [9.17, 15) is 13.2 Å². The zero-order valence-corrected chi connectivity index (χ0v) is 15.4. The van der Waals surface area contributed by atoms with Crippen LogP contribution in [0.4, 0.5) is 0 Å². The van der Waals surface area contributed by atoms with E-state index in [1.54, 1.807) is 32.0 Å². The van der Waals surface area contributed by atoms with Crippen LogP contribution in [-0.2, 0) is 14.8 Å². The maximum absolute atomic E-state index is 12.7. The van der Waals surface area contributed by atoms with Crippen LogP contribution in [0.25, 0.3) is 0 Å². The van der Waals surface area contributed by atoms with Crippen LogP contribution in [0.15, 0.2) is 47.4 Å². The summed E-state index contributed by atoms with van der Waals surface area (Å²) in [5, 5.41) is 0. The number of benzene rings is 2. The second-order valence-electron chi connectivity index (χ2n) is 5.55. The molecule has 0 bridgehead atoms. The summed E-state index contributed by atoms with van der Waals surface area (Å²) in [4.78, 5) is 11.8. The summed E-state index contributed by atoms with van der Waals surface area (Å²) in [7, 11) is -1.04. The van der Waals surface area contributed by atoms with Crippen LogP contribution in [0.3, 0.4) is 0 Å². The molecule has 0 heterocycles. The van der Waals surface area contributed by atoms with Crippen molar-refractivity contribution in [2.75, 3.05) is 14.2 Å². The van der Waals surface area contributed by atoms with Crippen LogP contribution >= 0.6 is 0 Å². The molecule has 0 aromatic heterocycles. The number of carbonyl (C=O) groups is 1. The first-order chi connectivity index (χ1) is 11.8. The van der Waals surface area contributed by atoms with Crippen LogP contribution in [0.2, 0.25) is 0 Å². The van der Waals surface area contributed by atoms with Gasteiger partial charge in [-0.25, -0.2) is 17.9 Å². The first kappa shape index (κ1) is 19.0. The van der Waals surface area contributed by atoms with Crippen molar-refractivity contribution in [3.63, 3.8) is 0 Å². The molecule has 0 fully saturated rings. The highest BCUT2D eigenvalue weighted by Crippen LogP contribution is 2.26. The van der Waals surface area contributed by atoms with Gasteiger partial charge in [-0.15, -0.1) is 0 Å². The van der Waals surface area contributed by atoms with E-state index in [1.165, 1.54) is 26.4 Å². The summed E-state index contributed by atoms with van der Waals surface area (Å²) >= 11 is 0. The Kier molecular flexibility index (Phi) is 5.81.